The highest BCUT2D eigenvalue weighted by molar-refractivity contribution is 5.81. The SMILES string of the molecule is CC(C)(C)C(=O)N1CCCC(Oc2cc(C3CCO3)ccc2C#N)C1. The number of piperidine rings is 1. The smallest absolute Gasteiger partial charge is 0.228 e. The van der Waals surface area contributed by atoms with Crippen LogP contribution < -0.4 is 4.74 Å². The topological polar surface area (TPSA) is 62.6 Å². The summed E-state index contributed by atoms with van der Waals surface area (Å²) in [4.78, 5) is 14.4. The van der Waals surface area contributed by atoms with Gasteiger partial charge in [0, 0.05) is 18.4 Å². The molecular weight excluding hydrogens is 316 g/mol. The summed E-state index contributed by atoms with van der Waals surface area (Å²) in [5, 5.41) is 9.37. The quantitative estimate of drug-likeness (QED) is 0.844. The van der Waals surface area contributed by atoms with Gasteiger partial charge < -0.3 is 14.4 Å². The number of amides is 1. The number of hydrogen-bond acceptors (Lipinski definition) is 4. The third kappa shape index (κ3) is 3.96. The number of carbonyl (C=O) groups is 1. The third-order valence-corrected chi connectivity index (χ3v) is 4.80. The molecule has 2 aliphatic heterocycles. The first-order valence-corrected chi connectivity index (χ1v) is 9.00. The number of likely N-dealkylation sites (tertiary alicyclic amines) is 1. The number of ether oxygens (including phenoxy) is 2. The Morgan fingerprint density at radius 3 is 2.72 bits per heavy atom. The molecule has 134 valence electrons. The van der Waals surface area contributed by atoms with E-state index in [0.29, 0.717) is 17.9 Å². The standard InChI is InChI=1S/C20H26N2O3/c1-20(2,3)19(23)22-9-4-5-16(13-22)25-18-11-14(17-8-10-24-17)6-7-15(18)12-21/h6-7,11,16-17H,4-5,8-10,13H2,1-3H3. The minimum atomic E-state index is -0.388. The van der Waals surface area contributed by atoms with E-state index in [1.807, 2.05) is 37.8 Å². The van der Waals surface area contributed by atoms with Gasteiger partial charge in [0.1, 0.15) is 17.9 Å². The van der Waals surface area contributed by atoms with Crippen molar-refractivity contribution >= 4 is 5.91 Å². The average Bonchev–Trinajstić information content (AvgIpc) is 2.52. The van der Waals surface area contributed by atoms with Crippen molar-refractivity contribution < 1.29 is 14.3 Å². The maximum absolute atomic E-state index is 12.5. The number of hydrogen-bond donors (Lipinski definition) is 0. The summed E-state index contributed by atoms with van der Waals surface area (Å²) in [5.74, 6) is 0.753. The van der Waals surface area contributed by atoms with Crippen LogP contribution in [0.1, 0.15) is 57.3 Å². The lowest BCUT2D eigenvalue weighted by molar-refractivity contribution is -0.142. The van der Waals surface area contributed by atoms with Gasteiger partial charge in [0.2, 0.25) is 5.91 Å². The fourth-order valence-electron chi connectivity index (χ4n) is 3.30. The Labute approximate surface area is 149 Å². The lowest BCUT2D eigenvalue weighted by atomic mass is 9.93. The van der Waals surface area contributed by atoms with E-state index in [2.05, 4.69) is 6.07 Å². The van der Waals surface area contributed by atoms with Crippen LogP contribution in [0.3, 0.4) is 0 Å². The second-order valence-corrected chi connectivity index (χ2v) is 7.90. The van der Waals surface area contributed by atoms with Gasteiger partial charge >= 0.3 is 0 Å². The van der Waals surface area contributed by atoms with Crippen LogP contribution in [-0.4, -0.2) is 36.6 Å². The highest BCUT2D eigenvalue weighted by Crippen LogP contribution is 2.33. The van der Waals surface area contributed by atoms with Crippen molar-refractivity contribution in [2.24, 2.45) is 5.41 Å². The van der Waals surface area contributed by atoms with Gasteiger partial charge in [-0.2, -0.15) is 5.26 Å². The van der Waals surface area contributed by atoms with Gasteiger partial charge in [-0.15, -0.1) is 0 Å². The first-order chi connectivity index (χ1) is 11.9. The van der Waals surface area contributed by atoms with Gasteiger partial charge in [0.05, 0.1) is 24.8 Å². The van der Waals surface area contributed by atoms with Crippen molar-refractivity contribution in [1.82, 2.24) is 4.90 Å². The second-order valence-electron chi connectivity index (χ2n) is 7.90. The van der Waals surface area contributed by atoms with Crippen LogP contribution in [-0.2, 0) is 9.53 Å². The van der Waals surface area contributed by atoms with Crippen molar-refractivity contribution in [2.45, 2.75) is 52.2 Å². The van der Waals surface area contributed by atoms with Crippen LogP contribution in [0.25, 0.3) is 0 Å². The molecule has 1 amide bonds. The maximum atomic E-state index is 12.5. The van der Waals surface area contributed by atoms with Crippen LogP contribution in [0.4, 0.5) is 0 Å². The predicted octanol–water partition coefficient (Wildman–Crippen LogP) is 3.44. The molecule has 25 heavy (non-hydrogen) atoms. The van der Waals surface area contributed by atoms with Gasteiger partial charge in [0.25, 0.3) is 0 Å². The molecule has 3 rings (SSSR count). The Bertz CT molecular complexity index is 683. The van der Waals surface area contributed by atoms with Crippen LogP contribution >= 0.6 is 0 Å². The Kier molecular flexibility index (Phi) is 5.01. The molecule has 0 spiro atoms. The van der Waals surface area contributed by atoms with E-state index in [4.69, 9.17) is 9.47 Å². The zero-order valence-corrected chi connectivity index (χ0v) is 15.2. The number of rotatable bonds is 3. The Hall–Kier alpha value is -2.06. The molecule has 5 heteroatoms. The number of carbonyl (C=O) groups excluding carboxylic acids is 1. The molecule has 2 atom stereocenters. The summed E-state index contributed by atoms with van der Waals surface area (Å²) in [6.07, 6.45) is 2.84. The fourth-order valence-corrected chi connectivity index (χ4v) is 3.30. The molecule has 2 aliphatic rings. The average molecular weight is 342 g/mol. The van der Waals surface area contributed by atoms with Crippen molar-refractivity contribution in [3.63, 3.8) is 0 Å². The molecule has 2 unspecified atom stereocenters. The van der Waals surface area contributed by atoms with E-state index in [0.717, 1.165) is 38.0 Å². The molecule has 1 aromatic carbocycles. The minimum Gasteiger partial charge on any atom is -0.487 e. The molecule has 2 fully saturated rings. The van der Waals surface area contributed by atoms with Crippen molar-refractivity contribution in [2.75, 3.05) is 19.7 Å². The largest absolute Gasteiger partial charge is 0.487 e. The maximum Gasteiger partial charge on any atom is 0.228 e. The lowest BCUT2D eigenvalue weighted by Crippen LogP contribution is -2.48. The van der Waals surface area contributed by atoms with Crippen LogP contribution in [0, 0.1) is 16.7 Å². The van der Waals surface area contributed by atoms with E-state index in [1.54, 1.807) is 6.07 Å². The molecule has 2 saturated heterocycles. The molecule has 5 nitrogen and oxygen atoms in total. The predicted molar refractivity (Wildman–Crippen MR) is 94.2 cm³/mol. The second kappa shape index (κ2) is 7.05. The lowest BCUT2D eigenvalue weighted by Gasteiger charge is -2.36. The Morgan fingerprint density at radius 1 is 1.36 bits per heavy atom. The van der Waals surface area contributed by atoms with Crippen molar-refractivity contribution in [1.29, 1.82) is 5.26 Å². The molecular formula is C20H26N2O3. The molecule has 0 aromatic heterocycles. The first kappa shape index (κ1) is 17.8. The number of nitrogens with zero attached hydrogens (tertiary/aromatic N) is 2. The van der Waals surface area contributed by atoms with Crippen molar-refractivity contribution in [3.05, 3.63) is 29.3 Å². The first-order valence-electron chi connectivity index (χ1n) is 9.00. The van der Waals surface area contributed by atoms with E-state index < -0.39 is 0 Å². The molecule has 1 aromatic rings. The zero-order valence-electron chi connectivity index (χ0n) is 15.2. The van der Waals surface area contributed by atoms with Crippen LogP contribution in [0.2, 0.25) is 0 Å². The summed E-state index contributed by atoms with van der Waals surface area (Å²) < 4.78 is 11.7. The van der Waals surface area contributed by atoms with Crippen LogP contribution in [0.15, 0.2) is 18.2 Å². The summed E-state index contributed by atoms with van der Waals surface area (Å²) in [7, 11) is 0. The molecule has 2 heterocycles. The van der Waals surface area contributed by atoms with E-state index in [-0.39, 0.29) is 23.5 Å². The van der Waals surface area contributed by atoms with Gasteiger partial charge in [-0.05, 0) is 30.5 Å². The Balaban J connectivity index is 1.73. The monoisotopic (exact) mass is 342 g/mol. The van der Waals surface area contributed by atoms with E-state index in [9.17, 15) is 10.1 Å². The zero-order chi connectivity index (χ0) is 18.0. The number of nitriles is 1. The molecule has 0 N–H and O–H groups in total. The summed E-state index contributed by atoms with van der Waals surface area (Å²) in [5.41, 5.74) is 1.20. The van der Waals surface area contributed by atoms with Gasteiger partial charge in [0.15, 0.2) is 0 Å². The summed E-state index contributed by atoms with van der Waals surface area (Å²) >= 11 is 0. The summed E-state index contributed by atoms with van der Waals surface area (Å²) in [6.45, 7) is 7.95. The Morgan fingerprint density at radius 2 is 2.12 bits per heavy atom. The van der Waals surface area contributed by atoms with Crippen molar-refractivity contribution in [3.8, 4) is 11.8 Å². The molecule has 0 radical (unpaired) electrons. The highest BCUT2D eigenvalue weighted by atomic mass is 16.5. The normalized spacial score (nSPS) is 23.5. The van der Waals surface area contributed by atoms with Crippen LogP contribution in [0.5, 0.6) is 5.75 Å². The minimum absolute atomic E-state index is 0.0790. The fraction of sp³-hybridized carbons (Fsp3) is 0.600. The molecule has 0 saturated carbocycles. The van der Waals surface area contributed by atoms with Gasteiger partial charge in [-0.25, -0.2) is 0 Å². The van der Waals surface area contributed by atoms with E-state index >= 15 is 0 Å². The molecule has 0 bridgehead atoms. The summed E-state index contributed by atoms with van der Waals surface area (Å²) in [6, 6.07) is 7.86. The van der Waals surface area contributed by atoms with E-state index in [1.165, 1.54) is 0 Å². The third-order valence-electron chi connectivity index (χ3n) is 4.80. The van der Waals surface area contributed by atoms with Gasteiger partial charge in [-0.1, -0.05) is 26.8 Å². The molecule has 0 aliphatic carbocycles. The number of benzene rings is 1. The van der Waals surface area contributed by atoms with Gasteiger partial charge in [-0.3, -0.25) is 4.79 Å². The highest BCUT2D eigenvalue weighted by Gasteiger charge is 2.32.